The van der Waals surface area contributed by atoms with Gasteiger partial charge in [-0.1, -0.05) is 11.6 Å². The Balaban J connectivity index is 2.48. The van der Waals surface area contributed by atoms with Crippen LogP contribution in [0.5, 0.6) is 0 Å². The number of aliphatic hydroxyl groups is 1. The lowest BCUT2D eigenvalue weighted by Gasteiger charge is -2.15. The van der Waals surface area contributed by atoms with E-state index in [1.165, 1.54) is 10.8 Å². The van der Waals surface area contributed by atoms with Crippen LogP contribution in [0.4, 0.5) is 0 Å². The Morgan fingerprint density at radius 3 is 2.80 bits per heavy atom. The highest BCUT2D eigenvalue weighted by Crippen LogP contribution is 2.13. The van der Waals surface area contributed by atoms with E-state index in [2.05, 4.69) is 10.3 Å². The Kier molecular flexibility index (Phi) is 2.64. The van der Waals surface area contributed by atoms with Crippen LogP contribution in [0.25, 0.3) is 0 Å². The molecule has 0 aromatic carbocycles. The quantitative estimate of drug-likeness (QED) is 0.561. The van der Waals surface area contributed by atoms with Crippen molar-refractivity contribution >= 4 is 11.6 Å². The van der Waals surface area contributed by atoms with Crippen molar-refractivity contribution in [1.82, 2.24) is 14.9 Å². The monoisotopic (exact) mass is 231 g/mol. The van der Waals surface area contributed by atoms with Gasteiger partial charge in [-0.25, -0.2) is 4.79 Å². The molecule has 2 atom stereocenters. The van der Waals surface area contributed by atoms with Crippen molar-refractivity contribution < 1.29 is 5.11 Å². The first-order valence-corrected chi connectivity index (χ1v) is 4.87. The maximum absolute atomic E-state index is 11.4. The molecule has 3 N–H and O–H groups in total. The lowest BCUT2D eigenvalue weighted by Crippen LogP contribution is -2.36. The lowest BCUT2D eigenvalue weighted by atomic mass is 10.2. The minimum Gasteiger partial charge on any atom is -0.390 e. The lowest BCUT2D eigenvalue weighted by molar-refractivity contribution is 0.148. The van der Waals surface area contributed by atoms with Gasteiger partial charge in [-0.3, -0.25) is 14.3 Å². The number of nitrogens with one attached hydrogen (secondary N) is 2. The normalized spacial score (nSPS) is 25.7. The fourth-order valence-electron chi connectivity index (χ4n) is 1.64. The summed E-state index contributed by atoms with van der Waals surface area (Å²) in [6.07, 6.45) is 0.605. The number of aromatic nitrogens is 2. The highest BCUT2D eigenvalue weighted by atomic mass is 35.5. The van der Waals surface area contributed by atoms with Crippen molar-refractivity contribution in [2.75, 3.05) is 13.1 Å². The summed E-state index contributed by atoms with van der Waals surface area (Å²) in [6, 6.07) is -0.383. The number of hydrogen-bond donors (Lipinski definition) is 3. The van der Waals surface area contributed by atoms with Gasteiger partial charge in [-0.05, 0) is 0 Å². The van der Waals surface area contributed by atoms with Gasteiger partial charge < -0.3 is 10.4 Å². The second-order valence-electron chi connectivity index (χ2n) is 3.44. The smallest absolute Gasteiger partial charge is 0.328 e. The summed E-state index contributed by atoms with van der Waals surface area (Å²) in [7, 11) is 0. The number of nitrogens with zero attached hydrogens (tertiary/aromatic N) is 1. The van der Waals surface area contributed by atoms with Crippen LogP contribution in [0.15, 0.2) is 15.8 Å². The molecule has 2 heterocycles. The second-order valence-corrected chi connectivity index (χ2v) is 3.84. The number of rotatable bonds is 1. The minimum absolute atomic E-state index is 0.0614. The molecule has 15 heavy (non-hydrogen) atoms. The molecule has 1 aliphatic rings. The summed E-state index contributed by atoms with van der Waals surface area (Å²) < 4.78 is 1.24. The molecular weight excluding hydrogens is 222 g/mol. The number of aromatic amines is 1. The van der Waals surface area contributed by atoms with Gasteiger partial charge in [-0.2, -0.15) is 0 Å². The fraction of sp³-hybridized carbons (Fsp3) is 0.500. The number of hydrogen-bond acceptors (Lipinski definition) is 4. The maximum Gasteiger partial charge on any atom is 0.328 e. The third kappa shape index (κ3) is 1.83. The van der Waals surface area contributed by atoms with Crippen LogP contribution in [-0.4, -0.2) is 33.9 Å². The van der Waals surface area contributed by atoms with Crippen molar-refractivity contribution in [1.29, 1.82) is 0 Å². The average molecular weight is 232 g/mol. The van der Waals surface area contributed by atoms with E-state index < -0.39 is 17.4 Å². The second kappa shape index (κ2) is 3.80. The minimum atomic E-state index is -0.648. The molecule has 1 saturated heterocycles. The molecule has 7 heteroatoms. The topological polar surface area (TPSA) is 87.1 Å². The number of β-amino-alcohol motifs (C(OH)–C–C–N with tert-alkyl or cyclic N) is 1. The van der Waals surface area contributed by atoms with E-state index in [0.29, 0.717) is 13.1 Å². The van der Waals surface area contributed by atoms with Gasteiger partial charge in [0.05, 0.1) is 12.1 Å². The van der Waals surface area contributed by atoms with Crippen molar-refractivity contribution in [3.63, 3.8) is 0 Å². The van der Waals surface area contributed by atoms with E-state index in [9.17, 15) is 14.7 Å². The Morgan fingerprint density at radius 1 is 1.47 bits per heavy atom. The molecule has 6 nitrogen and oxygen atoms in total. The maximum atomic E-state index is 11.4. The van der Waals surface area contributed by atoms with E-state index in [0.717, 1.165) is 0 Å². The summed E-state index contributed by atoms with van der Waals surface area (Å²) in [5, 5.41) is 12.4. The Morgan fingerprint density at radius 2 is 2.20 bits per heavy atom. The zero-order valence-corrected chi connectivity index (χ0v) is 8.49. The number of H-pyrrole nitrogens is 1. The van der Waals surface area contributed by atoms with Crippen LogP contribution in [-0.2, 0) is 0 Å². The first-order valence-electron chi connectivity index (χ1n) is 4.49. The predicted molar refractivity (Wildman–Crippen MR) is 54.2 cm³/mol. The first-order chi connectivity index (χ1) is 7.09. The summed E-state index contributed by atoms with van der Waals surface area (Å²) >= 11 is 5.61. The summed E-state index contributed by atoms with van der Waals surface area (Å²) in [4.78, 5) is 24.5. The van der Waals surface area contributed by atoms with Crippen LogP contribution in [0.1, 0.15) is 6.04 Å². The molecule has 0 amide bonds. The Hall–Kier alpha value is -1.11. The van der Waals surface area contributed by atoms with Crippen LogP contribution in [0, 0.1) is 0 Å². The molecule has 0 spiro atoms. The Labute approximate surface area is 89.5 Å². The van der Waals surface area contributed by atoms with Crippen LogP contribution >= 0.6 is 11.6 Å². The van der Waals surface area contributed by atoms with E-state index in [4.69, 9.17) is 11.6 Å². The largest absolute Gasteiger partial charge is 0.390 e. The Bertz CT molecular complexity index is 481. The number of aliphatic hydroxyl groups excluding tert-OH is 1. The van der Waals surface area contributed by atoms with E-state index >= 15 is 0 Å². The SMILES string of the molecule is O=c1[nH]c(=O)n([C@H]2CNC[C@@H]2O)cc1Cl. The molecule has 0 aliphatic carbocycles. The third-order valence-electron chi connectivity index (χ3n) is 2.43. The summed E-state index contributed by atoms with van der Waals surface area (Å²) in [6.45, 7) is 0.900. The summed E-state index contributed by atoms with van der Waals surface area (Å²) in [5.41, 5.74) is -1.17. The van der Waals surface area contributed by atoms with Gasteiger partial charge in [0, 0.05) is 19.3 Å². The van der Waals surface area contributed by atoms with Crippen LogP contribution in [0.3, 0.4) is 0 Å². The van der Waals surface area contributed by atoms with Crippen LogP contribution in [0.2, 0.25) is 5.02 Å². The first kappa shape index (κ1) is 10.4. The van der Waals surface area contributed by atoms with Gasteiger partial charge in [0.2, 0.25) is 0 Å². The molecule has 2 rings (SSSR count). The third-order valence-corrected chi connectivity index (χ3v) is 2.70. The van der Waals surface area contributed by atoms with Gasteiger partial charge >= 0.3 is 5.69 Å². The van der Waals surface area contributed by atoms with E-state index in [1.807, 2.05) is 0 Å². The molecule has 0 bridgehead atoms. The van der Waals surface area contributed by atoms with Gasteiger partial charge in [0.25, 0.3) is 5.56 Å². The van der Waals surface area contributed by atoms with Crippen molar-refractivity contribution in [3.05, 3.63) is 32.1 Å². The summed E-state index contributed by atoms with van der Waals surface area (Å²) in [5.74, 6) is 0. The van der Waals surface area contributed by atoms with E-state index in [-0.39, 0.29) is 11.1 Å². The molecule has 0 radical (unpaired) electrons. The average Bonchev–Trinajstić information content (AvgIpc) is 2.58. The van der Waals surface area contributed by atoms with E-state index in [1.54, 1.807) is 0 Å². The molecule has 1 fully saturated rings. The van der Waals surface area contributed by atoms with Crippen LogP contribution < -0.4 is 16.6 Å². The molecule has 82 valence electrons. The molecule has 1 aromatic rings. The zero-order valence-electron chi connectivity index (χ0n) is 7.74. The fourth-order valence-corrected chi connectivity index (χ4v) is 1.79. The molecule has 0 unspecified atom stereocenters. The molecular formula is C8H10ClN3O3. The number of halogens is 1. The molecule has 1 aliphatic heterocycles. The van der Waals surface area contributed by atoms with Crippen molar-refractivity contribution in [2.24, 2.45) is 0 Å². The van der Waals surface area contributed by atoms with Gasteiger partial charge in [0.1, 0.15) is 5.02 Å². The standard InChI is InChI=1S/C8H10ClN3O3/c9-4-3-12(8(15)11-7(4)14)5-1-10-2-6(5)13/h3,5-6,10,13H,1-2H2,(H,11,14,15)/t5-,6-/m0/s1. The van der Waals surface area contributed by atoms with Gasteiger partial charge in [0.15, 0.2) is 0 Å². The molecule has 0 saturated carbocycles. The van der Waals surface area contributed by atoms with Crippen molar-refractivity contribution in [3.8, 4) is 0 Å². The zero-order chi connectivity index (χ0) is 11.0. The predicted octanol–water partition coefficient (Wildman–Crippen LogP) is -1.30. The molecule has 1 aromatic heterocycles. The highest BCUT2D eigenvalue weighted by molar-refractivity contribution is 6.30. The van der Waals surface area contributed by atoms with Gasteiger partial charge in [-0.15, -0.1) is 0 Å². The van der Waals surface area contributed by atoms with Crippen molar-refractivity contribution in [2.45, 2.75) is 12.1 Å². The highest BCUT2D eigenvalue weighted by Gasteiger charge is 2.27.